The average molecular weight is 416 g/mol. The summed E-state index contributed by atoms with van der Waals surface area (Å²) in [4.78, 5) is 0. The van der Waals surface area contributed by atoms with Crippen LogP contribution in [0.1, 0.15) is 43.4 Å². The third-order valence-electron chi connectivity index (χ3n) is 5.27. The van der Waals surface area contributed by atoms with Gasteiger partial charge in [0.2, 0.25) is 0 Å². The molecule has 2 nitrogen and oxygen atoms in total. The van der Waals surface area contributed by atoms with Crippen LogP contribution in [-0.2, 0) is 12.8 Å². The molecule has 3 rings (SSSR count). The first-order valence-corrected chi connectivity index (χ1v) is 10.4. The molecule has 0 fully saturated rings. The van der Waals surface area contributed by atoms with Gasteiger partial charge in [0, 0.05) is 5.54 Å². The number of nitrogens with one attached hydrogen (secondary N) is 1. The molecule has 0 radical (unpaired) electrons. The number of halogens is 1. The highest BCUT2D eigenvalue weighted by atomic mass is 79.9. The first kappa shape index (κ1) is 19.4. The van der Waals surface area contributed by atoms with Crippen LogP contribution in [0, 0.1) is 12.8 Å². The molecule has 0 unspecified atom stereocenters. The highest BCUT2D eigenvalue weighted by Gasteiger charge is 2.27. The molecular formula is C23H30BrNO. The zero-order valence-corrected chi connectivity index (χ0v) is 17.7. The number of aryl methyl sites for hydroxylation is 1. The second-order valence-corrected chi connectivity index (χ2v) is 9.00. The summed E-state index contributed by atoms with van der Waals surface area (Å²) in [5.74, 6) is 1.73. The monoisotopic (exact) mass is 415 g/mol. The molecule has 1 aliphatic rings. The lowest BCUT2D eigenvalue weighted by atomic mass is 9.88. The third-order valence-corrected chi connectivity index (χ3v) is 5.89. The average Bonchev–Trinajstić information content (AvgIpc) is 2.98. The molecule has 0 atom stereocenters. The smallest absolute Gasteiger partial charge is 0.136 e. The fourth-order valence-corrected chi connectivity index (χ4v) is 4.64. The van der Waals surface area contributed by atoms with E-state index in [9.17, 15) is 0 Å². The Morgan fingerprint density at radius 1 is 1.08 bits per heavy atom. The highest BCUT2D eigenvalue weighted by molar-refractivity contribution is 9.10. The van der Waals surface area contributed by atoms with E-state index < -0.39 is 0 Å². The van der Waals surface area contributed by atoms with E-state index in [1.165, 1.54) is 24.8 Å². The van der Waals surface area contributed by atoms with Gasteiger partial charge in [-0.2, -0.15) is 0 Å². The van der Waals surface area contributed by atoms with E-state index in [1.54, 1.807) is 11.1 Å². The second-order valence-electron chi connectivity index (χ2n) is 8.15. The molecule has 26 heavy (non-hydrogen) atoms. The lowest BCUT2D eigenvalue weighted by Crippen LogP contribution is -2.42. The molecule has 0 aromatic heterocycles. The topological polar surface area (TPSA) is 21.3 Å². The Morgan fingerprint density at radius 3 is 2.42 bits per heavy atom. The summed E-state index contributed by atoms with van der Waals surface area (Å²) < 4.78 is 7.01. The van der Waals surface area contributed by atoms with E-state index in [1.807, 2.05) is 12.1 Å². The molecule has 0 spiro atoms. The normalized spacial score (nSPS) is 14.5. The Bertz CT molecular complexity index is 695. The molecule has 2 aromatic rings. The molecule has 0 aliphatic heterocycles. The highest BCUT2D eigenvalue weighted by Crippen LogP contribution is 2.32. The van der Waals surface area contributed by atoms with Crippen molar-refractivity contribution in [1.29, 1.82) is 0 Å². The Balaban J connectivity index is 1.39. The van der Waals surface area contributed by atoms with E-state index in [4.69, 9.17) is 4.74 Å². The number of fused-ring (bicyclic) bond motifs is 1. The summed E-state index contributed by atoms with van der Waals surface area (Å²) in [6, 6.07) is 15.1. The van der Waals surface area contributed by atoms with E-state index in [2.05, 4.69) is 72.3 Å². The van der Waals surface area contributed by atoms with Gasteiger partial charge in [-0.05, 0) is 97.6 Å². The Hall–Kier alpha value is -1.32. The van der Waals surface area contributed by atoms with E-state index in [-0.39, 0.29) is 5.54 Å². The summed E-state index contributed by atoms with van der Waals surface area (Å²) >= 11 is 3.57. The van der Waals surface area contributed by atoms with Gasteiger partial charge in [0.25, 0.3) is 0 Å². The minimum atomic E-state index is 0.163. The van der Waals surface area contributed by atoms with Gasteiger partial charge in [0.15, 0.2) is 0 Å². The SMILES string of the molecule is Cc1cccc(Br)c1OCCCNC(C)(C)CC1Cc2ccccc2C1. The number of ether oxygens (including phenoxy) is 1. The molecule has 0 saturated carbocycles. The zero-order valence-electron chi connectivity index (χ0n) is 16.1. The van der Waals surface area contributed by atoms with Crippen LogP contribution in [0.15, 0.2) is 46.9 Å². The second kappa shape index (κ2) is 8.58. The molecule has 1 aliphatic carbocycles. The van der Waals surface area contributed by atoms with E-state index in [0.29, 0.717) is 0 Å². The van der Waals surface area contributed by atoms with Gasteiger partial charge in [0.1, 0.15) is 5.75 Å². The van der Waals surface area contributed by atoms with Crippen molar-refractivity contribution in [2.45, 2.75) is 52.0 Å². The van der Waals surface area contributed by atoms with Crippen LogP contribution < -0.4 is 10.1 Å². The van der Waals surface area contributed by atoms with Gasteiger partial charge in [-0.1, -0.05) is 36.4 Å². The Labute approximate surface area is 166 Å². The minimum absolute atomic E-state index is 0.163. The van der Waals surface area contributed by atoms with E-state index >= 15 is 0 Å². The molecular weight excluding hydrogens is 386 g/mol. The molecule has 1 N–H and O–H groups in total. The van der Waals surface area contributed by atoms with Gasteiger partial charge in [-0.25, -0.2) is 0 Å². The predicted octanol–water partition coefficient (Wildman–Crippen LogP) is 5.70. The number of benzene rings is 2. The van der Waals surface area contributed by atoms with Gasteiger partial charge in [-0.15, -0.1) is 0 Å². The van der Waals surface area contributed by atoms with E-state index in [0.717, 1.165) is 35.7 Å². The van der Waals surface area contributed by atoms with Gasteiger partial charge < -0.3 is 10.1 Å². The van der Waals surface area contributed by atoms with Crippen LogP contribution in [-0.4, -0.2) is 18.7 Å². The first-order chi connectivity index (χ1) is 12.4. The third kappa shape index (κ3) is 5.11. The van der Waals surface area contributed by atoms with Crippen molar-refractivity contribution < 1.29 is 4.74 Å². The van der Waals surface area contributed by atoms with Gasteiger partial charge in [0.05, 0.1) is 11.1 Å². The fourth-order valence-electron chi connectivity index (χ4n) is 4.06. The van der Waals surface area contributed by atoms with Crippen LogP contribution in [0.4, 0.5) is 0 Å². The van der Waals surface area contributed by atoms with Crippen LogP contribution in [0.3, 0.4) is 0 Å². The summed E-state index contributed by atoms with van der Waals surface area (Å²) in [7, 11) is 0. The van der Waals surface area contributed by atoms with Crippen LogP contribution in [0.5, 0.6) is 5.75 Å². The fraction of sp³-hybridized carbons (Fsp3) is 0.478. The van der Waals surface area contributed by atoms with Gasteiger partial charge >= 0.3 is 0 Å². The number of para-hydroxylation sites is 1. The Morgan fingerprint density at radius 2 is 1.77 bits per heavy atom. The quantitative estimate of drug-likeness (QED) is 0.558. The van der Waals surface area contributed by atoms with Crippen molar-refractivity contribution in [3.63, 3.8) is 0 Å². The van der Waals surface area contributed by atoms with Crippen molar-refractivity contribution in [2.75, 3.05) is 13.2 Å². The largest absolute Gasteiger partial charge is 0.492 e. The van der Waals surface area contributed by atoms with Crippen LogP contribution in [0.25, 0.3) is 0 Å². The number of hydrogen-bond acceptors (Lipinski definition) is 2. The first-order valence-electron chi connectivity index (χ1n) is 9.64. The predicted molar refractivity (Wildman–Crippen MR) is 113 cm³/mol. The van der Waals surface area contributed by atoms with Crippen LogP contribution >= 0.6 is 15.9 Å². The summed E-state index contributed by atoms with van der Waals surface area (Å²) in [6.07, 6.45) is 4.68. The standard InChI is InChI=1S/C23H30BrNO/c1-17-8-6-11-21(24)22(17)26-13-7-12-25-23(2,3)16-18-14-19-9-4-5-10-20(19)15-18/h4-6,8-11,18,25H,7,12-16H2,1-3H3. The molecule has 0 saturated heterocycles. The maximum atomic E-state index is 5.97. The molecule has 0 amide bonds. The number of hydrogen-bond donors (Lipinski definition) is 1. The summed E-state index contributed by atoms with van der Waals surface area (Å²) in [5, 5.41) is 3.74. The molecule has 3 heteroatoms. The maximum Gasteiger partial charge on any atom is 0.136 e. The molecule has 2 aromatic carbocycles. The summed E-state index contributed by atoms with van der Waals surface area (Å²) in [6.45, 7) is 8.46. The number of rotatable bonds is 8. The minimum Gasteiger partial charge on any atom is -0.492 e. The molecule has 0 bridgehead atoms. The summed E-state index contributed by atoms with van der Waals surface area (Å²) in [5.41, 5.74) is 4.43. The van der Waals surface area contributed by atoms with Crippen molar-refractivity contribution in [3.8, 4) is 5.75 Å². The van der Waals surface area contributed by atoms with Gasteiger partial charge in [-0.3, -0.25) is 0 Å². The van der Waals surface area contributed by atoms with Crippen molar-refractivity contribution in [3.05, 3.63) is 63.6 Å². The van der Waals surface area contributed by atoms with Crippen LogP contribution in [0.2, 0.25) is 0 Å². The van der Waals surface area contributed by atoms with Crippen molar-refractivity contribution in [2.24, 2.45) is 5.92 Å². The molecule has 140 valence electrons. The van der Waals surface area contributed by atoms with Crippen molar-refractivity contribution in [1.82, 2.24) is 5.32 Å². The zero-order chi connectivity index (χ0) is 18.6. The Kier molecular flexibility index (Phi) is 6.42. The maximum absolute atomic E-state index is 5.97. The van der Waals surface area contributed by atoms with Crippen molar-refractivity contribution >= 4 is 15.9 Å². The molecule has 0 heterocycles. The lowest BCUT2D eigenvalue weighted by Gasteiger charge is -2.29. The lowest BCUT2D eigenvalue weighted by molar-refractivity contribution is 0.270.